The molecule has 2 aromatic rings. The fourth-order valence-corrected chi connectivity index (χ4v) is 3.79. The zero-order valence-corrected chi connectivity index (χ0v) is 18.7. The second kappa shape index (κ2) is 10.7. The smallest absolute Gasteiger partial charge is 0.251 e. The van der Waals surface area contributed by atoms with E-state index in [0.717, 1.165) is 38.3 Å². The molecule has 0 atom stereocenters. The van der Waals surface area contributed by atoms with Crippen molar-refractivity contribution >= 4 is 17.5 Å². The topological polar surface area (TPSA) is 54.0 Å². The van der Waals surface area contributed by atoms with Crippen LogP contribution in [0.4, 0.5) is 0 Å². The summed E-state index contributed by atoms with van der Waals surface area (Å²) in [5.41, 5.74) is 2.77. The molecular weight excluding hydrogens is 402 g/mol. The van der Waals surface area contributed by atoms with Crippen LogP contribution in [0.5, 0.6) is 11.5 Å². The number of rotatable bonds is 8. The molecule has 162 valence electrons. The maximum atomic E-state index is 12.7. The Bertz CT molecular complexity index is 867. The predicted octanol–water partition coefficient (Wildman–Crippen LogP) is 3.42. The predicted molar refractivity (Wildman–Crippen MR) is 120 cm³/mol. The molecule has 0 saturated carbocycles. The quantitative estimate of drug-likeness (QED) is 0.694. The van der Waals surface area contributed by atoms with E-state index in [0.29, 0.717) is 35.2 Å². The number of carbonyl (C=O) groups is 1. The Morgan fingerprint density at radius 2 is 1.87 bits per heavy atom. The second-order valence-corrected chi connectivity index (χ2v) is 7.91. The normalized spacial score (nSPS) is 15.1. The van der Waals surface area contributed by atoms with E-state index >= 15 is 0 Å². The van der Waals surface area contributed by atoms with Gasteiger partial charge in [-0.15, -0.1) is 0 Å². The fraction of sp³-hybridized carbons (Fsp3) is 0.435. The van der Waals surface area contributed by atoms with Gasteiger partial charge in [0.15, 0.2) is 11.5 Å². The summed E-state index contributed by atoms with van der Waals surface area (Å²) >= 11 is 6.28. The second-order valence-electron chi connectivity index (χ2n) is 7.50. The summed E-state index contributed by atoms with van der Waals surface area (Å²) in [5, 5.41) is 3.32. The van der Waals surface area contributed by atoms with Crippen LogP contribution in [0.1, 0.15) is 28.4 Å². The lowest BCUT2D eigenvalue weighted by atomic mass is 10.1. The van der Waals surface area contributed by atoms with Crippen LogP contribution in [0.25, 0.3) is 0 Å². The monoisotopic (exact) mass is 431 g/mol. The summed E-state index contributed by atoms with van der Waals surface area (Å²) in [6.07, 6.45) is 0. The molecule has 1 saturated heterocycles. The highest BCUT2D eigenvalue weighted by Crippen LogP contribution is 2.36. The number of likely N-dealkylation sites (N-methyl/N-ethyl adjacent to an activating group) is 1. The number of piperazine rings is 1. The van der Waals surface area contributed by atoms with Crippen LogP contribution >= 0.6 is 11.6 Å². The Hall–Kier alpha value is -2.28. The van der Waals surface area contributed by atoms with Crippen LogP contribution in [0.2, 0.25) is 5.02 Å². The van der Waals surface area contributed by atoms with Gasteiger partial charge in [0.25, 0.3) is 5.91 Å². The zero-order valence-electron chi connectivity index (χ0n) is 17.9. The Labute approximate surface area is 183 Å². The Morgan fingerprint density at radius 3 is 2.57 bits per heavy atom. The third kappa shape index (κ3) is 5.88. The van der Waals surface area contributed by atoms with Gasteiger partial charge in [0.2, 0.25) is 0 Å². The first-order valence-electron chi connectivity index (χ1n) is 10.3. The summed E-state index contributed by atoms with van der Waals surface area (Å²) in [7, 11) is 3.69. The first-order chi connectivity index (χ1) is 14.5. The summed E-state index contributed by atoms with van der Waals surface area (Å²) in [5.74, 6) is 0.696. The molecule has 1 aliphatic rings. The van der Waals surface area contributed by atoms with Crippen molar-refractivity contribution < 1.29 is 14.3 Å². The van der Waals surface area contributed by atoms with Gasteiger partial charge in [-0.3, -0.25) is 9.69 Å². The van der Waals surface area contributed by atoms with Gasteiger partial charge in [-0.05, 0) is 37.2 Å². The molecule has 1 N–H and O–H groups in total. The molecule has 1 fully saturated rings. The van der Waals surface area contributed by atoms with E-state index in [9.17, 15) is 4.79 Å². The first kappa shape index (κ1) is 22.4. The average Bonchev–Trinajstić information content (AvgIpc) is 2.75. The number of nitrogens with zero attached hydrogens (tertiary/aromatic N) is 2. The molecule has 2 aromatic carbocycles. The van der Waals surface area contributed by atoms with Crippen LogP contribution in [0.3, 0.4) is 0 Å². The molecule has 0 aliphatic carbocycles. The number of hydrogen-bond acceptors (Lipinski definition) is 5. The van der Waals surface area contributed by atoms with E-state index in [-0.39, 0.29) is 5.91 Å². The molecule has 3 rings (SSSR count). The van der Waals surface area contributed by atoms with Crippen LogP contribution < -0.4 is 14.8 Å². The van der Waals surface area contributed by atoms with Crippen molar-refractivity contribution in [2.45, 2.75) is 20.0 Å². The van der Waals surface area contributed by atoms with Gasteiger partial charge in [-0.1, -0.05) is 35.9 Å². The number of halogens is 1. The number of methoxy groups -OCH3 is 1. The number of amides is 1. The van der Waals surface area contributed by atoms with Crippen LogP contribution in [0, 0.1) is 0 Å². The number of nitrogens with one attached hydrogen (secondary N) is 1. The van der Waals surface area contributed by atoms with Gasteiger partial charge in [0.1, 0.15) is 0 Å². The zero-order chi connectivity index (χ0) is 21.5. The van der Waals surface area contributed by atoms with Gasteiger partial charge in [0, 0.05) is 44.8 Å². The molecule has 0 aromatic heterocycles. The molecule has 0 radical (unpaired) electrons. The summed E-state index contributed by atoms with van der Waals surface area (Å²) in [6, 6.07) is 11.6. The van der Waals surface area contributed by atoms with Gasteiger partial charge in [-0.25, -0.2) is 0 Å². The van der Waals surface area contributed by atoms with Crippen LogP contribution in [-0.4, -0.2) is 62.7 Å². The minimum Gasteiger partial charge on any atom is -0.493 e. The van der Waals surface area contributed by atoms with E-state index in [1.165, 1.54) is 12.7 Å². The molecule has 1 aliphatic heterocycles. The first-order valence-corrected chi connectivity index (χ1v) is 10.6. The molecular formula is C23H30ClN3O3. The molecule has 7 heteroatoms. The third-order valence-corrected chi connectivity index (χ3v) is 5.51. The standard InChI is InChI=1S/C23H30ClN3O3/c1-4-30-22-20(24)13-19(14-21(22)29-3)23(28)25-15-17-6-5-7-18(12-17)16-27-10-8-26(2)9-11-27/h5-7,12-14H,4,8-11,15-16H2,1-3H3,(H,25,28). The highest BCUT2D eigenvalue weighted by Gasteiger charge is 2.16. The van der Waals surface area contributed by atoms with Crippen molar-refractivity contribution in [1.82, 2.24) is 15.1 Å². The Kier molecular flexibility index (Phi) is 7.96. The van der Waals surface area contributed by atoms with Crippen molar-refractivity contribution in [1.29, 1.82) is 0 Å². The highest BCUT2D eigenvalue weighted by molar-refractivity contribution is 6.32. The molecule has 30 heavy (non-hydrogen) atoms. The maximum Gasteiger partial charge on any atom is 0.251 e. The van der Waals surface area contributed by atoms with Crippen LogP contribution in [0.15, 0.2) is 36.4 Å². The molecule has 0 unspecified atom stereocenters. The molecule has 1 amide bonds. The van der Waals surface area contributed by atoms with E-state index in [1.807, 2.05) is 19.1 Å². The molecule has 1 heterocycles. The van der Waals surface area contributed by atoms with Crippen molar-refractivity contribution in [3.63, 3.8) is 0 Å². The van der Waals surface area contributed by atoms with Crippen molar-refractivity contribution in [3.8, 4) is 11.5 Å². The molecule has 0 bridgehead atoms. The van der Waals surface area contributed by atoms with Crippen molar-refractivity contribution in [2.24, 2.45) is 0 Å². The Balaban J connectivity index is 1.61. The summed E-state index contributed by atoms with van der Waals surface area (Å²) < 4.78 is 10.8. The highest BCUT2D eigenvalue weighted by atomic mass is 35.5. The Morgan fingerprint density at radius 1 is 1.13 bits per heavy atom. The third-order valence-electron chi connectivity index (χ3n) is 5.23. The van der Waals surface area contributed by atoms with E-state index in [4.69, 9.17) is 21.1 Å². The van der Waals surface area contributed by atoms with E-state index < -0.39 is 0 Å². The SMILES string of the molecule is CCOc1c(Cl)cc(C(=O)NCc2cccc(CN3CCN(C)CC3)c2)cc1OC. The summed E-state index contributed by atoms with van der Waals surface area (Å²) in [6.45, 7) is 8.08. The summed E-state index contributed by atoms with van der Waals surface area (Å²) in [4.78, 5) is 17.5. The lowest BCUT2D eigenvalue weighted by molar-refractivity contribution is 0.0950. The lowest BCUT2D eigenvalue weighted by Crippen LogP contribution is -2.43. The van der Waals surface area contributed by atoms with Gasteiger partial charge < -0.3 is 19.7 Å². The van der Waals surface area contributed by atoms with Crippen LogP contribution in [-0.2, 0) is 13.1 Å². The molecule has 0 spiro atoms. The molecule has 6 nitrogen and oxygen atoms in total. The van der Waals surface area contributed by atoms with Gasteiger partial charge in [0.05, 0.1) is 18.7 Å². The van der Waals surface area contributed by atoms with Crippen molar-refractivity contribution in [3.05, 3.63) is 58.1 Å². The largest absolute Gasteiger partial charge is 0.493 e. The average molecular weight is 432 g/mol. The van der Waals surface area contributed by atoms with E-state index in [1.54, 1.807) is 12.1 Å². The number of ether oxygens (including phenoxy) is 2. The number of hydrogen-bond donors (Lipinski definition) is 1. The number of benzene rings is 2. The van der Waals surface area contributed by atoms with Crippen molar-refractivity contribution in [2.75, 3.05) is 46.9 Å². The van der Waals surface area contributed by atoms with E-state index in [2.05, 4.69) is 34.3 Å². The minimum absolute atomic E-state index is 0.206. The van der Waals surface area contributed by atoms with Gasteiger partial charge >= 0.3 is 0 Å². The fourth-order valence-electron chi connectivity index (χ4n) is 3.52. The minimum atomic E-state index is -0.206. The maximum absolute atomic E-state index is 12.7. The van der Waals surface area contributed by atoms with Gasteiger partial charge in [-0.2, -0.15) is 0 Å². The number of carbonyl (C=O) groups excluding carboxylic acids is 1. The lowest BCUT2D eigenvalue weighted by Gasteiger charge is -2.32.